The fourth-order valence-electron chi connectivity index (χ4n) is 2.92. The van der Waals surface area contributed by atoms with Gasteiger partial charge in [-0.3, -0.25) is 14.9 Å². The van der Waals surface area contributed by atoms with Crippen molar-refractivity contribution < 1.29 is 14.3 Å². The molecule has 0 saturated carbocycles. The van der Waals surface area contributed by atoms with Gasteiger partial charge in [0, 0.05) is 23.3 Å². The molecular weight excluding hydrogens is 346 g/mol. The topological polar surface area (TPSA) is 117 Å². The summed E-state index contributed by atoms with van der Waals surface area (Å²) >= 11 is 0. The summed E-state index contributed by atoms with van der Waals surface area (Å²) in [5.74, 6) is 1.27. The van der Waals surface area contributed by atoms with Crippen molar-refractivity contribution in [3.63, 3.8) is 0 Å². The average molecular weight is 363 g/mol. The molecule has 0 spiro atoms. The lowest BCUT2D eigenvalue weighted by molar-refractivity contribution is 0.0938. The number of benzene rings is 1. The lowest BCUT2D eigenvalue weighted by Crippen LogP contribution is -2.27. The van der Waals surface area contributed by atoms with Crippen LogP contribution in [0, 0.1) is 6.92 Å². The average Bonchev–Trinajstić information content (AvgIpc) is 3.26. The van der Waals surface area contributed by atoms with Crippen LogP contribution in [0.2, 0.25) is 0 Å². The molecule has 136 valence electrons. The van der Waals surface area contributed by atoms with Crippen molar-refractivity contribution in [3.05, 3.63) is 59.9 Å². The van der Waals surface area contributed by atoms with Gasteiger partial charge in [-0.1, -0.05) is 0 Å². The molecular formula is C19H17N5O3. The van der Waals surface area contributed by atoms with E-state index >= 15 is 0 Å². The maximum absolute atomic E-state index is 12.8. The van der Waals surface area contributed by atoms with E-state index in [2.05, 4.69) is 25.5 Å². The molecule has 0 radical (unpaired) electrons. The Bertz CT molecular complexity index is 1120. The van der Waals surface area contributed by atoms with E-state index < -0.39 is 6.04 Å². The smallest absolute Gasteiger partial charge is 0.256 e. The van der Waals surface area contributed by atoms with Gasteiger partial charge < -0.3 is 14.8 Å². The molecule has 0 aliphatic carbocycles. The standard InChI is InChI=1S/C19H17N5O3/c1-10(17-22-18(24-23-17)12-4-3-7-20-9-12)21-19(26)16-11(2)27-15-6-5-13(25)8-14(15)16/h3-10,25H,1-2H3,(H,21,26)(H,22,23,24)/t10-/m1/s1. The number of fused-ring (bicyclic) bond motifs is 1. The first-order valence-electron chi connectivity index (χ1n) is 8.38. The van der Waals surface area contributed by atoms with Crippen LogP contribution in [-0.2, 0) is 0 Å². The van der Waals surface area contributed by atoms with E-state index in [0.29, 0.717) is 33.9 Å². The van der Waals surface area contributed by atoms with Crippen LogP contribution in [0.1, 0.15) is 34.9 Å². The van der Waals surface area contributed by atoms with E-state index in [1.54, 1.807) is 38.4 Å². The summed E-state index contributed by atoms with van der Waals surface area (Å²) in [4.78, 5) is 21.3. The summed E-state index contributed by atoms with van der Waals surface area (Å²) in [6.07, 6.45) is 3.35. The Labute approximate surface area is 154 Å². The van der Waals surface area contributed by atoms with E-state index in [1.807, 2.05) is 6.07 Å². The first-order chi connectivity index (χ1) is 13.0. The first-order valence-corrected chi connectivity index (χ1v) is 8.38. The molecule has 3 heterocycles. The first kappa shape index (κ1) is 16.8. The Morgan fingerprint density at radius 1 is 1.33 bits per heavy atom. The van der Waals surface area contributed by atoms with Crippen molar-refractivity contribution in [1.82, 2.24) is 25.5 Å². The highest BCUT2D eigenvalue weighted by Gasteiger charge is 2.22. The number of aromatic nitrogens is 4. The summed E-state index contributed by atoms with van der Waals surface area (Å²) in [5, 5.41) is 20.2. The molecule has 0 saturated heterocycles. The van der Waals surface area contributed by atoms with Crippen molar-refractivity contribution in [2.24, 2.45) is 0 Å². The second-order valence-corrected chi connectivity index (χ2v) is 6.19. The molecule has 0 aliphatic heterocycles. The van der Waals surface area contributed by atoms with Crippen LogP contribution in [0.15, 0.2) is 47.1 Å². The number of carbonyl (C=O) groups is 1. The summed E-state index contributed by atoms with van der Waals surface area (Å²) in [5.41, 5.74) is 1.71. The largest absolute Gasteiger partial charge is 0.508 e. The van der Waals surface area contributed by atoms with Gasteiger partial charge in [-0.25, -0.2) is 4.98 Å². The van der Waals surface area contributed by atoms with Gasteiger partial charge in [0.05, 0.1) is 11.6 Å². The number of phenolic OH excluding ortho intramolecular Hbond substituents is 1. The van der Waals surface area contributed by atoms with Gasteiger partial charge in [-0.2, -0.15) is 5.10 Å². The zero-order valence-electron chi connectivity index (χ0n) is 14.7. The molecule has 0 unspecified atom stereocenters. The quantitative estimate of drug-likeness (QED) is 0.513. The van der Waals surface area contributed by atoms with Crippen LogP contribution in [0.25, 0.3) is 22.4 Å². The highest BCUT2D eigenvalue weighted by molar-refractivity contribution is 6.07. The fraction of sp³-hybridized carbons (Fsp3) is 0.158. The minimum atomic E-state index is -0.405. The number of phenols is 1. The van der Waals surface area contributed by atoms with Crippen molar-refractivity contribution in [1.29, 1.82) is 0 Å². The number of carbonyl (C=O) groups excluding carboxylic acids is 1. The maximum Gasteiger partial charge on any atom is 0.256 e. The number of amides is 1. The van der Waals surface area contributed by atoms with E-state index in [4.69, 9.17) is 4.42 Å². The SMILES string of the molecule is Cc1oc2ccc(O)cc2c1C(=O)N[C@H](C)c1nc(-c2cccnc2)n[nH]1. The molecule has 0 aliphatic rings. The Morgan fingerprint density at radius 3 is 2.96 bits per heavy atom. The number of rotatable bonds is 4. The molecule has 4 rings (SSSR count). The predicted octanol–water partition coefficient (Wildman–Crippen LogP) is 3.12. The molecule has 0 fully saturated rings. The fourth-order valence-corrected chi connectivity index (χ4v) is 2.92. The number of H-pyrrole nitrogens is 1. The van der Waals surface area contributed by atoms with E-state index in [-0.39, 0.29) is 11.7 Å². The Morgan fingerprint density at radius 2 is 2.19 bits per heavy atom. The molecule has 1 atom stereocenters. The molecule has 0 bridgehead atoms. The Balaban J connectivity index is 1.58. The highest BCUT2D eigenvalue weighted by atomic mass is 16.3. The second-order valence-electron chi connectivity index (χ2n) is 6.19. The molecule has 27 heavy (non-hydrogen) atoms. The Kier molecular flexibility index (Phi) is 4.08. The van der Waals surface area contributed by atoms with Gasteiger partial charge in [-0.15, -0.1) is 0 Å². The van der Waals surface area contributed by atoms with Gasteiger partial charge in [0.1, 0.15) is 22.9 Å². The Hall–Kier alpha value is -3.68. The van der Waals surface area contributed by atoms with Crippen LogP contribution in [0.5, 0.6) is 5.75 Å². The minimum absolute atomic E-state index is 0.0711. The van der Waals surface area contributed by atoms with E-state index in [1.165, 1.54) is 12.1 Å². The van der Waals surface area contributed by atoms with Crippen molar-refractivity contribution in [3.8, 4) is 17.1 Å². The lowest BCUT2D eigenvalue weighted by Gasteiger charge is -2.10. The number of aromatic amines is 1. The summed E-state index contributed by atoms with van der Waals surface area (Å²) in [7, 11) is 0. The third-order valence-corrected chi connectivity index (χ3v) is 4.25. The number of pyridine rings is 1. The number of furan rings is 1. The van der Waals surface area contributed by atoms with Gasteiger partial charge in [-0.05, 0) is 44.2 Å². The summed E-state index contributed by atoms with van der Waals surface area (Å²) < 4.78 is 5.61. The zero-order valence-corrected chi connectivity index (χ0v) is 14.7. The minimum Gasteiger partial charge on any atom is -0.508 e. The van der Waals surface area contributed by atoms with Crippen molar-refractivity contribution in [2.75, 3.05) is 0 Å². The summed E-state index contributed by atoms with van der Waals surface area (Å²) in [6.45, 7) is 3.52. The van der Waals surface area contributed by atoms with E-state index in [0.717, 1.165) is 5.56 Å². The number of nitrogens with one attached hydrogen (secondary N) is 2. The maximum atomic E-state index is 12.8. The van der Waals surface area contributed by atoms with Gasteiger partial charge in [0.25, 0.3) is 5.91 Å². The molecule has 4 aromatic rings. The van der Waals surface area contributed by atoms with E-state index in [9.17, 15) is 9.90 Å². The molecule has 8 nitrogen and oxygen atoms in total. The summed E-state index contributed by atoms with van der Waals surface area (Å²) in [6, 6.07) is 7.92. The molecule has 1 aromatic carbocycles. The molecule has 8 heteroatoms. The number of aromatic hydroxyl groups is 1. The zero-order chi connectivity index (χ0) is 19.0. The predicted molar refractivity (Wildman–Crippen MR) is 98.1 cm³/mol. The number of nitrogens with zero attached hydrogens (tertiary/aromatic N) is 3. The van der Waals surface area contributed by atoms with Crippen molar-refractivity contribution >= 4 is 16.9 Å². The third-order valence-electron chi connectivity index (χ3n) is 4.25. The van der Waals surface area contributed by atoms with Crippen LogP contribution < -0.4 is 5.32 Å². The second kappa shape index (κ2) is 6.56. The van der Waals surface area contributed by atoms with Crippen LogP contribution in [-0.4, -0.2) is 31.2 Å². The van der Waals surface area contributed by atoms with Crippen molar-refractivity contribution in [2.45, 2.75) is 19.9 Å². The van der Waals surface area contributed by atoms with Crippen LogP contribution >= 0.6 is 0 Å². The lowest BCUT2D eigenvalue weighted by atomic mass is 10.1. The van der Waals surface area contributed by atoms with Gasteiger partial charge >= 0.3 is 0 Å². The monoisotopic (exact) mass is 363 g/mol. The highest BCUT2D eigenvalue weighted by Crippen LogP contribution is 2.29. The number of hydrogen-bond donors (Lipinski definition) is 3. The third kappa shape index (κ3) is 3.12. The number of aryl methyl sites for hydroxylation is 1. The van der Waals surface area contributed by atoms with Gasteiger partial charge in [0.15, 0.2) is 5.82 Å². The van der Waals surface area contributed by atoms with Crippen LogP contribution in [0.3, 0.4) is 0 Å². The molecule has 1 amide bonds. The normalized spacial score (nSPS) is 12.2. The number of hydrogen-bond acceptors (Lipinski definition) is 6. The molecule has 3 aromatic heterocycles. The van der Waals surface area contributed by atoms with Crippen LogP contribution in [0.4, 0.5) is 0 Å². The van der Waals surface area contributed by atoms with Gasteiger partial charge in [0.2, 0.25) is 0 Å². The molecule has 3 N–H and O–H groups in total.